The SMILES string of the molecule is CC1CN(Cc2csc(-c3ccccc3Cl)n2)CCC1O. The average molecular weight is 323 g/mol. The van der Waals surface area contributed by atoms with E-state index in [-0.39, 0.29) is 6.10 Å². The predicted octanol–water partition coefficient (Wildman–Crippen LogP) is 3.67. The predicted molar refractivity (Wildman–Crippen MR) is 87.6 cm³/mol. The van der Waals surface area contributed by atoms with Crippen molar-refractivity contribution in [3.05, 3.63) is 40.4 Å². The van der Waals surface area contributed by atoms with Gasteiger partial charge in [-0.2, -0.15) is 0 Å². The zero-order chi connectivity index (χ0) is 14.8. The number of likely N-dealkylation sites (tertiary alicyclic amines) is 1. The third-order valence-electron chi connectivity index (χ3n) is 3.99. The Morgan fingerprint density at radius 2 is 2.24 bits per heavy atom. The molecule has 1 aromatic carbocycles. The molecule has 0 amide bonds. The zero-order valence-corrected chi connectivity index (χ0v) is 13.6. The monoisotopic (exact) mass is 322 g/mol. The first-order chi connectivity index (χ1) is 10.1. The first kappa shape index (κ1) is 15.0. The van der Waals surface area contributed by atoms with Crippen molar-refractivity contribution in [1.29, 1.82) is 0 Å². The lowest BCUT2D eigenvalue weighted by atomic mass is 9.97. The van der Waals surface area contributed by atoms with Crippen LogP contribution in [-0.2, 0) is 6.54 Å². The van der Waals surface area contributed by atoms with Gasteiger partial charge in [-0.1, -0.05) is 36.7 Å². The fraction of sp³-hybridized carbons (Fsp3) is 0.438. The summed E-state index contributed by atoms with van der Waals surface area (Å²) in [6, 6.07) is 7.81. The Hall–Kier alpha value is -0.940. The number of halogens is 1. The molecule has 2 heterocycles. The maximum absolute atomic E-state index is 9.79. The maximum Gasteiger partial charge on any atom is 0.125 e. The Kier molecular flexibility index (Phi) is 4.60. The first-order valence-electron chi connectivity index (χ1n) is 7.23. The minimum atomic E-state index is -0.157. The lowest BCUT2D eigenvalue weighted by Gasteiger charge is -2.33. The number of hydrogen-bond donors (Lipinski definition) is 1. The van der Waals surface area contributed by atoms with Crippen molar-refractivity contribution >= 4 is 22.9 Å². The highest BCUT2D eigenvalue weighted by atomic mass is 35.5. The highest BCUT2D eigenvalue weighted by Gasteiger charge is 2.24. The third-order valence-corrected chi connectivity index (χ3v) is 5.24. The summed E-state index contributed by atoms with van der Waals surface area (Å²) in [4.78, 5) is 7.07. The van der Waals surface area contributed by atoms with Crippen LogP contribution in [0.4, 0.5) is 0 Å². The molecule has 5 heteroatoms. The van der Waals surface area contributed by atoms with Crippen LogP contribution in [0.3, 0.4) is 0 Å². The highest BCUT2D eigenvalue weighted by molar-refractivity contribution is 7.13. The number of rotatable bonds is 3. The molecule has 0 bridgehead atoms. The molecule has 1 N–H and O–H groups in total. The molecule has 2 aromatic rings. The van der Waals surface area contributed by atoms with Gasteiger partial charge in [-0.25, -0.2) is 4.98 Å². The van der Waals surface area contributed by atoms with E-state index < -0.39 is 0 Å². The topological polar surface area (TPSA) is 36.4 Å². The standard InChI is InChI=1S/C16H19ClN2OS/c1-11-8-19(7-6-15(11)20)9-12-10-21-16(18-12)13-4-2-3-5-14(13)17/h2-5,10-11,15,20H,6-9H2,1H3. The number of hydrogen-bond acceptors (Lipinski definition) is 4. The number of aromatic nitrogens is 1. The van der Waals surface area contributed by atoms with Crippen molar-refractivity contribution in [2.75, 3.05) is 13.1 Å². The van der Waals surface area contributed by atoms with Gasteiger partial charge >= 0.3 is 0 Å². The minimum absolute atomic E-state index is 0.157. The number of piperidine rings is 1. The fourth-order valence-electron chi connectivity index (χ4n) is 2.73. The van der Waals surface area contributed by atoms with Crippen LogP contribution in [0, 0.1) is 5.92 Å². The number of benzene rings is 1. The largest absolute Gasteiger partial charge is 0.393 e. The molecule has 1 aromatic heterocycles. The molecule has 0 spiro atoms. The third kappa shape index (κ3) is 3.46. The normalized spacial score (nSPS) is 23.4. The van der Waals surface area contributed by atoms with Gasteiger partial charge in [0.1, 0.15) is 5.01 Å². The Labute approximate surface area is 134 Å². The fourth-order valence-corrected chi connectivity index (χ4v) is 3.86. The zero-order valence-electron chi connectivity index (χ0n) is 12.0. The van der Waals surface area contributed by atoms with E-state index in [0.717, 1.165) is 47.3 Å². The summed E-state index contributed by atoms with van der Waals surface area (Å²) in [5.74, 6) is 0.334. The molecular formula is C16H19ClN2OS. The van der Waals surface area contributed by atoms with Crippen LogP contribution in [0.2, 0.25) is 5.02 Å². The van der Waals surface area contributed by atoms with E-state index in [2.05, 4.69) is 17.2 Å². The smallest absolute Gasteiger partial charge is 0.125 e. The summed E-state index contributed by atoms with van der Waals surface area (Å²) < 4.78 is 0. The van der Waals surface area contributed by atoms with E-state index in [1.165, 1.54) is 0 Å². The summed E-state index contributed by atoms with van der Waals surface area (Å²) in [6.45, 7) is 4.82. The van der Waals surface area contributed by atoms with Gasteiger partial charge < -0.3 is 5.11 Å². The van der Waals surface area contributed by atoms with Crippen molar-refractivity contribution in [2.45, 2.75) is 26.0 Å². The molecule has 1 aliphatic rings. The second-order valence-corrected chi connectivity index (χ2v) is 6.96. The van der Waals surface area contributed by atoms with Crippen molar-refractivity contribution < 1.29 is 5.11 Å². The van der Waals surface area contributed by atoms with E-state index in [1.807, 2.05) is 24.3 Å². The van der Waals surface area contributed by atoms with Crippen molar-refractivity contribution in [3.8, 4) is 10.6 Å². The van der Waals surface area contributed by atoms with Gasteiger partial charge in [0.2, 0.25) is 0 Å². The Balaban J connectivity index is 1.70. The molecule has 3 rings (SSSR count). The molecule has 112 valence electrons. The number of aliphatic hydroxyl groups excluding tert-OH is 1. The summed E-state index contributed by atoms with van der Waals surface area (Å²) in [6.07, 6.45) is 0.693. The van der Waals surface area contributed by atoms with Crippen LogP contribution in [0.15, 0.2) is 29.6 Å². The molecule has 1 fully saturated rings. The van der Waals surface area contributed by atoms with E-state index in [9.17, 15) is 5.11 Å². The van der Waals surface area contributed by atoms with Gasteiger partial charge in [0.15, 0.2) is 0 Å². The van der Waals surface area contributed by atoms with Gasteiger partial charge in [-0.15, -0.1) is 11.3 Å². The summed E-state index contributed by atoms with van der Waals surface area (Å²) >= 11 is 7.86. The summed E-state index contributed by atoms with van der Waals surface area (Å²) in [7, 11) is 0. The number of aliphatic hydroxyl groups is 1. The van der Waals surface area contributed by atoms with Crippen molar-refractivity contribution in [3.63, 3.8) is 0 Å². The van der Waals surface area contributed by atoms with Crippen LogP contribution >= 0.6 is 22.9 Å². The molecule has 0 radical (unpaired) electrons. The minimum Gasteiger partial charge on any atom is -0.393 e. The van der Waals surface area contributed by atoms with Gasteiger partial charge in [0, 0.05) is 30.6 Å². The van der Waals surface area contributed by atoms with Crippen LogP contribution in [0.1, 0.15) is 19.0 Å². The number of nitrogens with zero attached hydrogens (tertiary/aromatic N) is 2. The van der Waals surface area contributed by atoms with Crippen LogP contribution in [-0.4, -0.2) is 34.2 Å². The Bertz CT molecular complexity index is 616. The van der Waals surface area contributed by atoms with E-state index >= 15 is 0 Å². The lowest BCUT2D eigenvalue weighted by Crippen LogP contribution is -2.41. The molecule has 2 unspecified atom stereocenters. The van der Waals surface area contributed by atoms with Crippen LogP contribution in [0.5, 0.6) is 0 Å². The highest BCUT2D eigenvalue weighted by Crippen LogP contribution is 2.30. The quantitative estimate of drug-likeness (QED) is 0.936. The Morgan fingerprint density at radius 3 is 3.00 bits per heavy atom. The van der Waals surface area contributed by atoms with Crippen LogP contribution < -0.4 is 0 Å². The molecule has 21 heavy (non-hydrogen) atoms. The molecule has 3 nitrogen and oxygen atoms in total. The molecule has 1 aliphatic heterocycles. The number of thiazole rings is 1. The van der Waals surface area contributed by atoms with Gasteiger partial charge in [0.05, 0.1) is 16.8 Å². The molecule has 0 saturated carbocycles. The molecule has 1 saturated heterocycles. The molecular weight excluding hydrogens is 304 g/mol. The average Bonchev–Trinajstić information content (AvgIpc) is 2.92. The molecule has 2 atom stereocenters. The van der Waals surface area contributed by atoms with Gasteiger partial charge in [-0.3, -0.25) is 4.90 Å². The first-order valence-corrected chi connectivity index (χ1v) is 8.49. The maximum atomic E-state index is 9.79. The van der Waals surface area contributed by atoms with Crippen molar-refractivity contribution in [2.24, 2.45) is 5.92 Å². The second-order valence-electron chi connectivity index (χ2n) is 5.69. The lowest BCUT2D eigenvalue weighted by molar-refractivity contribution is 0.0316. The summed E-state index contributed by atoms with van der Waals surface area (Å²) in [5, 5.41) is 13.6. The van der Waals surface area contributed by atoms with E-state index in [4.69, 9.17) is 16.6 Å². The summed E-state index contributed by atoms with van der Waals surface area (Å²) in [5.41, 5.74) is 2.08. The second kappa shape index (κ2) is 6.44. The van der Waals surface area contributed by atoms with Crippen molar-refractivity contribution in [1.82, 2.24) is 9.88 Å². The molecule has 0 aliphatic carbocycles. The van der Waals surface area contributed by atoms with E-state index in [1.54, 1.807) is 11.3 Å². The van der Waals surface area contributed by atoms with Gasteiger partial charge in [0.25, 0.3) is 0 Å². The van der Waals surface area contributed by atoms with Crippen LogP contribution in [0.25, 0.3) is 10.6 Å². The van der Waals surface area contributed by atoms with Gasteiger partial charge in [-0.05, 0) is 18.4 Å². The van der Waals surface area contributed by atoms with E-state index in [0.29, 0.717) is 5.92 Å². The Morgan fingerprint density at radius 1 is 1.43 bits per heavy atom.